The molecule has 240 valence electrons. The first kappa shape index (κ1) is 39.7. The van der Waals surface area contributed by atoms with E-state index in [9.17, 15) is 4.79 Å². The van der Waals surface area contributed by atoms with Gasteiger partial charge in [0, 0.05) is 12.8 Å². The van der Waals surface area contributed by atoms with Gasteiger partial charge < -0.3 is 0 Å². The second-order valence-electron chi connectivity index (χ2n) is 13.9. The van der Waals surface area contributed by atoms with Crippen molar-refractivity contribution in [2.45, 2.75) is 233 Å². The van der Waals surface area contributed by atoms with Crippen molar-refractivity contribution >= 4 is 5.78 Å². The average molecular weight is 563 g/mol. The van der Waals surface area contributed by atoms with E-state index >= 15 is 0 Å². The number of Topliss-reactive ketones (excluding diaryl/α,β-unsaturated/α-hetero) is 1. The van der Waals surface area contributed by atoms with Gasteiger partial charge in [-0.25, -0.2) is 0 Å². The third-order valence-electron chi connectivity index (χ3n) is 9.25. The molecule has 0 aliphatic heterocycles. The molecule has 0 aromatic heterocycles. The summed E-state index contributed by atoms with van der Waals surface area (Å²) in [4.78, 5) is 12.6. The molecule has 0 bridgehead atoms. The van der Waals surface area contributed by atoms with E-state index in [0.29, 0.717) is 17.6 Å². The van der Waals surface area contributed by atoms with Crippen LogP contribution in [0.2, 0.25) is 0 Å². The lowest BCUT2D eigenvalue weighted by atomic mass is 9.91. The minimum Gasteiger partial charge on any atom is -0.300 e. The molecule has 0 N–H and O–H groups in total. The molecule has 0 aromatic rings. The van der Waals surface area contributed by atoms with Crippen LogP contribution in [-0.4, -0.2) is 5.78 Å². The van der Waals surface area contributed by atoms with Gasteiger partial charge in [-0.2, -0.15) is 0 Å². The first-order valence-electron chi connectivity index (χ1n) is 19.1. The zero-order valence-electron chi connectivity index (χ0n) is 28.7. The molecule has 40 heavy (non-hydrogen) atoms. The van der Waals surface area contributed by atoms with Crippen molar-refractivity contribution < 1.29 is 4.79 Å². The smallest absolute Gasteiger partial charge is 0.133 e. The molecule has 1 heteroatoms. The minimum atomic E-state index is 0.524. The van der Waals surface area contributed by atoms with Crippen molar-refractivity contribution in [3.8, 4) is 0 Å². The lowest BCUT2D eigenvalue weighted by molar-refractivity contribution is -0.120. The molecule has 0 rings (SSSR count). The molecule has 0 saturated carbocycles. The van der Waals surface area contributed by atoms with Gasteiger partial charge in [0.1, 0.15) is 5.78 Å². The third kappa shape index (κ3) is 32.2. The minimum absolute atomic E-state index is 0.524. The summed E-state index contributed by atoms with van der Waals surface area (Å²) in [6.45, 7) is 9.20. The van der Waals surface area contributed by atoms with Crippen LogP contribution >= 0.6 is 0 Å². The quantitative estimate of drug-likeness (QED) is 0.0713. The fraction of sp³-hybridized carbons (Fsp3) is 0.974. The summed E-state index contributed by atoms with van der Waals surface area (Å²) >= 11 is 0. The topological polar surface area (TPSA) is 17.1 Å². The number of carbonyl (C=O) groups excluding carboxylic acids is 1. The molecule has 2 unspecified atom stereocenters. The highest BCUT2D eigenvalue weighted by Crippen LogP contribution is 2.21. The summed E-state index contributed by atoms with van der Waals surface area (Å²) in [5, 5.41) is 0. The van der Waals surface area contributed by atoms with Crippen molar-refractivity contribution in [3.63, 3.8) is 0 Å². The lowest BCUT2D eigenvalue weighted by Crippen LogP contribution is -2.10. The van der Waals surface area contributed by atoms with Crippen LogP contribution in [0.3, 0.4) is 0 Å². The van der Waals surface area contributed by atoms with E-state index in [0.717, 1.165) is 12.8 Å². The number of carbonyl (C=O) groups is 1. The maximum Gasteiger partial charge on any atom is 0.133 e. The maximum atomic E-state index is 12.6. The van der Waals surface area contributed by atoms with E-state index in [1.807, 2.05) is 0 Å². The Morgan fingerprint density at radius 3 is 0.775 bits per heavy atom. The lowest BCUT2D eigenvalue weighted by Gasteiger charge is -2.14. The highest BCUT2D eigenvalue weighted by atomic mass is 16.1. The normalized spacial score (nSPS) is 13.1. The fourth-order valence-electron chi connectivity index (χ4n) is 6.44. The summed E-state index contributed by atoms with van der Waals surface area (Å²) < 4.78 is 0. The Bertz CT molecular complexity index is 441. The number of unbranched alkanes of at least 4 members (excludes halogenated alkanes) is 26. The fourth-order valence-corrected chi connectivity index (χ4v) is 6.44. The summed E-state index contributed by atoms with van der Waals surface area (Å²) in [5.41, 5.74) is 0. The van der Waals surface area contributed by atoms with Gasteiger partial charge in [-0.05, 0) is 11.8 Å². The van der Waals surface area contributed by atoms with E-state index in [1.165, 1.54) is 193 Å². The van der Waals surface area contributed by atoms with Gasteiger partial charge in [0.2, 0.25) is 0 Å². The molecule has 0 saturated heterocycles. The van der Waals surface area contributed by atoms with Crippen LogP contribution in [0.25, 0.3) is 0 Å². The monoisotopic (exact) mass is 563 g/mol. The Kier molecular flexibility index (Phi) is 32.9. The van der Waals surface area contributed by atoms with Gasteiger partial charge in [-0.3, -0.25) is 4.79 Å². The van der Waals surface area contributed by atoms with Gasteiger partial charge >= 0.3 is 0 Å². The number of rotatable bonds is 34. The van der Waals surface area contributed by atoms with Crippen LogP contribution in [0.4, 0.5) is 0 Å². The third-order valence-corrected chi connectivity index (χ3v) is 9.25. The molecule has 0 fully saturated rings. The highest BCUT2D eigenvalue weighted by Gasteiger charge is 2.13. The average Bonchev–Trinajstić information content (AvgIpc) is 2.93. The van der Waals surface area contributed by atoms with Crippen molar-refractivity contribution in [2.24, 2.45) is 11.8 Å². The van der Waals surface area contributed by atoms with Gasteiger partial charge in [-0.1, -0.05) is 220 Å². The molecule has 0 amide bonds. The predicted octanol–water partition coefficient (Wildman–Crippen LogP) is 14.4. The summed E-state index contributed by atoms with van der Waals surface area (Å²) in [6.07, 6.45) is 43.9. The number of hydrogen-bond donors (Lipinski definition) is 0. The zero-order valence-corrected chi connectivity index (χ0v) is 28.7. The first-order valence-corrected chi connectivity index (χ1v) is 19.1. The van der Waals surface area contributed by atoms with Crippen molar-refractivity contribution in [2.75, 3.05) is 0 Å². The summed E-state index contributed by atoms with van der Waals surface area (Å²) in [7, 11) is 0. The molecule has 0 aliphatic rings. The van der Waals surface area contributed by atoms with Crippen LogP contribution in [0.5, 0.6) is 0 Å². The highest BCUT2D eigenvalue weighted by molar-refractivity contribution is 5.78. The van der Waals surface area contributed by atoms with Crippen molar-refractivity contribution in [1.29, 1.82) is 0 Å². The predicted molar refractivity (Wildman–Crippen MR) is 182 cm³/mol. The zero-order chi connectivity index (χ0) is 29.4. The van der Waals surface area contributed by atoms with E-state index in [2.05, 4.69) is 27.7 Å². The molecule has 0 heterocycles. The van der Waals surface area contributed by atoms with Gasteiger partial charge in [0.05, 0.1) is 0 Å². The van der Waals surface area contributed by atoms with Crippen LogP contribution in [0, 0.1) is 11.8 Å². The molecule has 2 atom stereocenters. The van der Waals surface area contributed by atoms with Crippen LogP contribution in [0.15, 0.2) is 0 Å². The molecule has 1 nitrogen and oxygen atoms in total. The Labute approximate surface area is 255 Å². The Morgan fingerprint density at radius 1 is 0.350 bits per heavy atom. The second-order valence-corrected chi connectivity index (χ2v) is 13.9. The van der Waals surface area contributed by atoms with E-state index in [4.69, 9.17) is 0 Å². The molecule has 0 radical (unpaired) electrons. The van der Waals surface area contributed by atoms with E-state index in [-0.39, 0.29) is 0 Å². The van der Waals surface area contributed by atoms with Crippen LogP contribution in [0.1, 0.15) is 233 Å². The van der Waals surface area contributed by atoms with E-state index < -0.39 is 0 Å². The molecular weight excluding hydrogens is 484 g/mol. The van der Waals surface area contributed by atoms with Gasteiger partial charge in [0.25, 0.3) is 0 Å². The Hall–Kier alpha value is -0.330. The first-order chi connectivity index (χ1) is 19.6. The molecule has 0 aromatic carbocycles. The van der Waals surface area contributed by atoms with Crippen molar-refractivity contribution in [1.82, 2.24) is 0 Å². The van der Waals surface area contributed by atoms with E-state index in [1.54, 1.807) is 0 Å². The second kappa shape index (κ2) is 33.2. The molecule has 0 spiro atoms. The number of hydrogen-bond acceptors (Lipinski definition) is 1. The molecular formula is C39H78O. The van der Waals surface area contributed by atoms with Gasteiger partial charge in [0.15, 0.2) is 0 Å². The van der Waals surface area contributed by atoms with Crippen LogP contribution in [-0.2, 0) is 4.79 Å². The Morgan fingerprint density at radius 2 is 0.550 bits per heavy atom. The van der Waals surface area contributed by atoms with Gasteiger partial charge in [-0.15, -0.1) is 0 Å². The standard InChI is InChI=1S/C39H78O/c1-5-7-9-11-13-15-17-19-21-23-25-27-29-31-33-37(3)35-39(40)36-38(4)34-32-30-28-26-24-22-20-18-16-14-12-10-8-6-2/h37-38H,5-36H2,1-4H3. The molecule has 0 aliphatic carbocycles. The largest absolute Gasteiger partial charge is 0.300 e. The SMILES string of the molecule is CCCCCCCCCCCCCCCCC(C)CC(=O)CC(C)CCCCCCCCCCCCCCCC. The summed E-state index contributed by atoms with van der Waals surface area (Å²) in [6, 6.07) is 0. The maximum absolute atomic E-state index is 12.6. The van der Waals surface area contributed by atoms with Crippen molar-refractivity contribution in [3.05, 3.63) is 0 Å². The summed E-state index contributed by atoms with van der Waals surface area (Å²) in [5.74, 6) is 1.69. The Balaban J connectivity index is 3.40. The number of ketones is 1. The van der Waals surface area contributed by atoms with Crippen LogP contribution < -0.4 is 0 Å².